The first-order chi connectivity index (χ1) is 10.7. The number of hydrogen-bond donors (Lipinski definition) is 0. The summed E-state index contributed by atoms with van der Waals surface area (Å²) in [6, 6.07) is -0.177. The largest absolute Gasteiger partial charge is 0.288 e. The quantitative estimate of drug-likeness (QED) is 0.743. The molecule has 7 heteroatoms. The highest BCUT2D eigenvalue weighted by Gasteiger charge is 2.23. The van der Waals surface area contributed by atoms with Gasteiger partial charge in [-0.2, -0.15) is 5.10 Å². The third-order valence-electron chi connectivity index (χ3n) is 4.39. The Hall–Kier alpha value is -2.02. The fourth-order valence-electron chi connectivity index (χ4n) is 3.24. The van der Waals surface area contributed by atoms with E-state index in [1.165, 1.54) is 16.8 Å². The van der Waals surface area contributed by atoms with Gasteiger partial charge in [0.05, 0.1) is 17.8 Å². The van der Waals surface area contributed by atoms with E-state index in [4.69, 9.17) is 0 Å². The molecule has 0 aliphatic heterocycles. The van der Waals surface area contributed by atoms with Gasteiger partial charge in [-0.3, -0.25) is 9.36 Å². The van der Waals surface area contributed by atoms with Crippen LogP contribution in [-0.4, -0.2) is 24.3 Å². The molecule has 0 amide bonds. The normalized spacial score (nSPS) is 15.4. The lowest BCUT2D eigenvalue weighted by Gasteiger charge is -2.14. The van der Waals surface area contributed by atoms with Crippen molar-refractivity contribution in [1.29, 1.82) is 0 Å². The van der Waals surface area contributed by atoms with Gasteiger partial charge in [0.2, 0.25) is 0 Å². The maximum atomic E-state index is 13.0. The van der Waals surface area contributed by atoms with E-state index in [2.05, 4.69) is 15.1 Å². The third-order valence-corrected chi connectivity index (χ3v) is 5.59. The molecule has 3 heterocycles. The van der Waals surface area contributed by atoms with Crippen molar-refractivity contribution in [1.82, 2.24) is 24.3 Å². The Bertz CT molecular complexity index is 906. The van der Waals surface area contributed by atoms with Crippen molar-refractivity contribution < 1.29 is 0 Å². The van der Waals surface area contributed by atoms with Crippen LogP contribution in [0.3, 0.4) is 0 Å². The van der Waals surface area contributed by atoms with Gasteiger partial charge in [0.25, 0.3) is 5.56 Å². The summed E-state index contributed by atoms with van der Waals surface area (Å²) in [6.45, 7) is 4.72. The van der Waals surface area contributed by atoms with Crippen LogP contribution in [0.4, 0.5) is 0 Å². The Morgan fingerprint density at radius 1 is 1.36 bits per heavy atom. The summed E-state index contributed by atoms with van der Waals surface area (Å²) >= 11 is 1.67. The van der Waals surface area contributed by atoms with Gasteiger partial charge in [0.1, 0.15) is 17.0 Å². The first-order valence-electron chi connectivity index (χ1n) is 7.59. The second kappa shape index (κ2) is 5.01. The lowest BCUT2D eigenvalue weighted by molar-refractivity contribution is 0.514. The van der Waals surface area contributed by atoms with Crippen LogP contribution >= 0.6 is 11.3 Å². The number of rotatable bonds is 3. The Labute approximate surface area is 131 Å². The molecule has 114 valence electrons. The first kappa shape index (κ1) is 13.6. The average Bonchev–Trinajstić information content (AvgIpc) is 3.21. The number of thiophene rings is 1. The van der Waals surface area contributed by atoms with Crippen molar-refractivity contribution in [2.75, 3.05) is 0 Å². The molecular weight excluding hydrogens is 298 g/mol. The van der Waals surface area contributed by atoms with E-state index in [9.17, 15) is 4.79 Å². The van der Waals surface area contributed by atoms with Crippen molar-refractivity contribution in [3.63, 3.8) is 0 Å². The zero-order chi connectivity index (χ0) is 15.3. The van der Waals surface area contributed by atoms with Crippen LogP contribution in [-0.2, 0) is 19.4 Å². The molecule has 0 spiro atoms. The molecule has 1 unspecified atom stereocenters. The minimum absolute atomic E-state index is 0.0440. The molecule has 3 aromatic heterocycles. The van der Waals surface area contributed by atoms with Crippen LogP contribution < -0.4 is 5.56 Å². The van der Waals surface area contributed by atoms with Gasteiger partial charge < -0.3 is 0 Å². The highest BCUT2D eigenvalue weighted by Crippen LogP contribution is 2.34. The molecule has 1 aliphatic carbocycles. The van der Waals surface area contributed by atoms with Crippen molar-refractivity contribution in [2.45, 2.75) is 45.7 Å². The summed E-state index contributed by atoms with van der Waals surface area (Å²) in [5, 5.41) is 5.01. The van der Waals surface area contributed by atoms with E-state index in [0.717, 1.165) is 41.8 Å². The zero-order valence-corrected chi connectivity index (χ0v) is 13.4. The molecule has 3 aromatic rings. The molecular formula is C15H17N5OS. The van der Waals surface area contributed by atoms with Gasteiger partial charge in [0.15, 0.2) is 0 Å². The summed E-state index contributed by atoms with van der Waals surface area (Å²) in [4.78, 5) is 24.0. The number of aryl methyl sites for hydroxylation is 3. The number of nitrogens with zero attached hydrogens (tertiary/aromatic N) is 5. The summed E-state index contributed by atoms with van der Waals surface area (Å²) in [7, 11) is 0. The summed E-state index contributed by atoms with van der Waals surface area (Å²) in [6.07, 6.45) is 6.40. The van der Waals surface area contributed by atoms with E-state index in [0.29, 0.717) is 0 Å². The monoisotopic (exact) mass is 315 g/mol. The SMILES string of the molecule is CCn1ncnc1C(C)n1cnc2sc3c(c2c1=O)CCC3. The molecule has 0 fully saturated rings. The minimum atomic E-state index is -0.177. The average molecular weight is 315 g/mol. The lowest BCUT2D eigenvalue weighted by Crippen LogP contribution is -2.26. The predicted octanol–water partition coefficient (Wildman–Crippen LogP) is 2.17. The first-order valence-corrected chi connectivity index (χ1v) is 8.41. The maximum Gasteiger partial charge on any atom is 0.263 e. The molecule has 0 N–H and O–H groups in total. The van der Waals surface area contributed by atoms with Crippen LogP contribution in [0.1, 0.15) is 42.6 Å². The molecule has 1 aliphatic rings. The number of fused-ring (bicyclic) bond motifs is 3. The Balaban J connectivity index is 1.89. The lowest BCUT2D eigenvalue weighted by atomic mass is 10.2. The van der Waals surface area contributed by atoms with Gasteiger partial charge in [-0.25, -0.2) is 14.6 Å². The summed E-state index contributed by atoms with van der Waals surface area (Å²) in [5.74, 6) is 0.789. The predicted molar refractivity (Wildman–Crippen MR) is 85.4 cm³/mol. The highest BCUT2D eigenvalue weighted by molar-refractivity contribution is 7.18. The molecule has 0 saturated heterocycles. The van der Waals surface area contributed by atoms with Crippen molar-refractivity contribution in [3.05, 3.63) is 39.3 Å². The second-order valence-corrected chi connectivity index (χ2v) is 6.69. The molecule has 0 saturated carbocycles. The molecule has 4 rings (SSSR count). The zero-order valence-electron chi connectivity index (χ0n) is 12.6. The Morgan fingerprint density at radius 3 is 3.05 bits per heavy atom. The molecule has 6 nitrogen and oxygen atoms in total. The molecule has 22 heavy (non-hydrogen) atoms. The van der Waals surface area contributed by atoms with Gasteiger partial charge in [-0.15, -0.1) is 11.3 Å². The number of hydrogen-bond acceptors (Lipinski definition) is 5. The van der Waals surface area contributed by atoms with E-state index >= 15 is 0 Å². The van der Waals surface area contributed by atoms with Gasteiger partial charge in [-0.05, 0) is 38.7 Å². The maximum absolute atomic E-state index is 13.0. The van der Waals surface area contributed by atoms with Crippen LogP contribution in [0.25, 0.3) is 10.2 Å². The fraction of sp³-hybridized carbons (Fsp3) is 0.467. The Kier molecular flexibility index (Phi) is 3.11. The van der Waals surface area contributed by atoms with E-state index in [1.54, 1.807) is 22.2 Å². The highest BCUT2D eigenvalue weighted by atomic mass is 32.1. The van der Waals surface area contributed by atoms with Crippen molar-refractivity contribution in [2.24, 2.45) is 0 Å². The van der Waals surface area contributed by atoms with Gasteiger partial charge in [-0.1, -0.05) is 0 Å². The molecule has 0 aromatic carbocycles. The standard InChI is InChI=1S/C15H17N5OS/c1-3-20-13(16-7-18-20)9(2)19-8-17-14-12(15(19)21)10-5-4-6-11(10)22-14/h7-9H,3-6H2,1-2H3. The fourth-order valence-corrected chi connectivity index (χ4v) is 4.46. The minimum Gasteiger partial charge on any atom is -0.288 e. The van der Waals surface area contributed by atoms with Crippen molar-refractivity contribution >= 4 is 21.6 Å². The van der Waals surface area contributed by atoms with Crippen LogP contribution in [0.2, 0.25) is 0 Å². The number of aromatic nitrogens is 5. The van der Waals surface area contributed by atoms with Gasteiger partial charge in [0, 0.05) is 11.4 Å². The molecule has 1 atom stereocenters. The molecule has 0 bridgehead atoms. The molecule has 0 radical (unpaired) electrons. The summed E-state index contributed by atoms with van der Waals surface area (Å²) in [5.41, 5.74) is 1.26. The van der Waals surface area contributed by atoms with E-state index in [1.807, 2.05) is 18.5 Å². The second-order valence-electron chi connectivity index (χ2n) is 5.60. The van der Waals surface area contributed by atoms with E-state index < -0.39 is 0 Å². The topological polar surface area (TPSA) is 65.6 Å². The van der Waals surface area contributed by atoms with E-state index in [-0.39, 0.29) is 11.6 Å². The van der Waals surface area contributed by atoms with Crippen LogP contribution in [0.5, 0.6) is 0 Å². The van der Waals surface area contributed by atoms with Gasteiger partial charge >= 0.3 is 0 Å². The summed E-state index contributed by atoms with van der Waals surface area (Å²) < 4.78 is 3.50. The Morgan fingerprint density at radius 2 is 2.23 bits per heavy atom. The van der Waals surface area contributed by atoms with Crippen molar-refractivity contribution in [3.8, 4) is 0 Å². The van der Waals surface area contributed by atoms with Crippen LogP contribution in [0, 0.1) is 0 Å². The smallest absolute Gasteiger partial charge is 0.263 e. The van der Waals surface area contributed by atoms with Crippen LogP contribution in [0.15, 0.2) is 17.4 Å². The third kappa shape index (κ3) is 1.85.